The number of benzene rings is 2. The summed E-state index contributed by atoms with van der Waals surface area (Å²) in [6.45, 7) is 1.81. The Morgan fingerprint density at radius 1 is 1.16 bits per heavy atom. The van der Waals surface area contributed by atoms with E-state index in [9.17, 15) is 4.79 Å². The van der Waals surface area contributed by atoms with E-state index in [-0.39, 0.29) is 5.91 Å². The van der Waals surface area contributed by atoms with Gasteiger partial charge in [0.25, 0.3) is 5.91 Å². The minimum atomic E-state index is -0.298. The molecule has 3 rings (SSSR count). The number of nitrogens with one attached hydrogen (secondary N) is 1. The van der Waals surface area contributed by atoms with E-state index in [2.05, 4.69) is 15.6 Å². The molecule has 0 aliphatic carbocycles. The van der Waals surface area contributed by atoms with Gasteiger partial charge in [0.05, 0.1) is 23.2 Å². The molecular formula is C18H14Cl2N4O. The molecule has 2 aromatic carbocycles. The molecule has 3 aromatic rings. The molecule has 0 aliphatic rings. The third-order valence-electron chi connectivity index (χ3n) is 3.50. The van der Waals surface area contributed by atoms with E-state index < -0.39 is 0 Å². The molecule has 0 aliphatic heterocycles. The van der Waals surface area contributed by atoms with Crippen molar-refractivity contribution in [2.24, 2.45) is 5.10 Å². The molecule has 0 saturated carbocycles. The number of halogens is 2. The second-order valence-corrected chi connectivity index (χ2v) is 6.04. The van der Waals surface area contributed by atoms with Gasteiger partial charge in [0.2, 0.25) is 0 Å². The van der Waals surface area contributed by atoms with Crippen LogP contribution < -0.4 is 5.43 Å². The smallest absolute Gasteiger partial charge is 0.267 e. The summed E-state index contributed by atoms with van der Waals surface area (Å²) < 4.78 is 1.57. The van der Waals surface area contributed by atoms with Crippen LogP contribution in [0, 0.1) is 6.92 Å². The van der Waals surface area contributed by atoms with Crippen molar-refractivity contribution < 1.29 is 4.79 Å². The summed E-state index contributed by atoms with van der Waals surface area (Å²) in [5.74, 6) is -0.298. The van der Waals surface area contributed by atoms with Crippen molar-refractivity contribution in [3.8, 4) is 5.69 Å². The van der Waals surface area contributed by atoms with Crippen molar-refractivity contribution in [3.63, 3.8) is 0 Å². The van der Waals surface area contributed by atoms with Gasteiger partial charge in [-0.3, -0.25) is 4.79 Å². The van der Waals surface area contributed by atoms with Crippen molar-refractivity contribution in [2.75, 3.05) is 0 Å². The Morgan fingerprint density at radius 2 is 1.92 bits per heavy atom. The highest BCUT2D eigenvalue weighted by Gasteiger charge is 2.13. The van der Waals surface area contributed by atoms with Gasteiger partial charge in [-0.05, 0) is 37.3 Å². The minimum absolute atomic E-state index is 0.298. The summed E-state index contributed by atoms with van der Waals surface area (Å²) in [6.07, 6.45) is 1.48. The van der Waals surface area contributed by atoms with Crippen LogP contribution in [0.1, 0.15) is 21.6 Å². The molecular weight excluding hydrogens is 359 g/mol. The highest BCUT2D eigenvalue weighted by atomic mass is 35.5. The molecule has 0 atom stereocenters. The monoisotopic (exact) mass is 372 g/mol. The van der Waals surface area contributed by atoms with Crippen LogP contribution in [-0.2, 0) is 0 Å². The van der Waals surface area contributed by atoms with Gasteiger partial charge in [-0.1, -0.05) is 47.5 Å². The largest absolute Gasteiger partial charge is 0.271 e. The number of nitrogens with zero attached hydrogens (tertiary/aromatic N) is 3. The van der Waals surface area contributed by atoms with E-state index in [1.54, 1.807) is 41.1 Å². The molecule has 1 amide bonds. The zero-order valence-electron chi connectivity index (χ0n) is 13.3. The molecule has 0 saturated heterocycles. The Hall–Kier alpha value is -2.63. The summed E-state index contributed by atoms with van der Waals surface area (Å²) >= 11 is 12.4. The fraction of sp³-hybridized carbons (Fsp3) is 0.0556. The maximum atomic E-state index is 12.0. The number of rotatable bonds is 4. The summed E-state index contributed by atoms with van der Waals surface area (Å²) in [5.41, 5.74) is 5.05. The van der Waals surface area contributed by atoms with Gasteiger partial charge in [0.15, 0.2) is 0 Å². The molecule has 1 heterocycles. The van der Waals surface area contributed by atoms with Gasteiger partial charge in [-0.25, -0.2) is 10.1 Å². The predicted molar refractivity (Wildman–Crippen MR) is 99.8 cm³/mol. The standard InChI is InChI=1S/C18H14Cl2N4O/c1-12-16(11-21-22-18(25)13-6-3-2-4-7-13)17(20)24(23-12)15-9-5-8-14(19)10-15/h2-11H,1H3,(H,22,25)/b21-11+. The van der Waals surface area contributed by atoms with Crippen LogP contribution in [0.15, 0.2) is 59.7 Å². The molecule has 126 valence electrons. The average molecular weight is 373 g/mol. The minimum Gasteiger partial charge on any atom is -0.267 e. The van der Waals surface area contributed by atoms with E-state index in [0.29, 0.717) is 27.0 Å². The lowest BCUT2D eigenvalue weighted by Crippen LogP contribution is -2.17. The topological polar surface area (TPSA) is 59.3 Å². The fourth-order valence-electron chi connectivity index (χ4n) is 2.25. The normalized spacial score (nSPS) is 11.0. The number of carbonyl (C=O) groups excluding carboxylic acids is 1. The van der Waals surface area contributed by atoms with Crippen LogP contribution in [0.3, 0.4) is 0 Å². The van der Waals surface area contributed by atoms with Crippen LogP contribution in [-0.4, -0.2) is 21.9 Å². The van der Waals surface area contributed by atoms with E-state index in [0.717, 1.165) is 5.69 Å². The molecule has 5 nitrogen and oxygen atoms in total. The average Bonchev–Trinajstić information content (AvgIpc) is 2.90. The quantitative estimate of drug-likeness (QED) is 0.549. The Kier molecular flexibility index (Phi) is 5.16. The zero-order valence-corrected chi connectivity index (χ0v) is 14.8. The summed E-state index contributed by atoms with van der Waals surface area (Å²) in [7, 11) is 0. The number of aryl methyl sites for hydroxylation is 1. The maximum absolute atomic E-state index is 12.0. The molecule has 0 fully saturated rings. The van der Waals surface area contributed by atoms with Gasteiger partial charge in [0.1, 0.15) is 5.15 Å². The molecule has 0 spiro atoms. The van der Waals surface area contributed by atoms with Gasteiger partial charge >= 0.3 is 0 Å². The lowest BCUT2D eigenvalue weighted by molar-refractivity contribution is 0.0955. The Morgan fingerprint density at radius 3 is 2.64 bits per heavy atom. The third-order valence-corrected chi connectivity index (χ3v) is 4.10. The second-order valence-electron chi connectivity index (χ2n) is 5.25. The number of hydrogen-bond donors (Lipinski definition) is 1. The number of carbonyl (C=O) groups is 1. The van der Waals surface area contributed by atoms with Crippen LogP contribution in [0.25, 0.3) is 5.69 Å². The van der Waals surface area contributed by atoms with Crippen molar-refractivity contribution in [3.05, 3.63) is 81.6 Å². The fourth-order valence-corrected chi connectivity index (χ4v) is 2.75. The van der Waals surface area contributed by atoms with Crippen molar-refractivity contribution in [1.29, 1.82) is 0 Å². The van der Waals surface area contributed by atoms with Gasteiger partial charge in [-0.15, -0.1) is 0 Å². The first-order chi connectivity index (χ1) is 12.1. The first-order valence-electron chi connectivity index (χ1n) is 7.46. The van der Waals surface area contributed by atoms with Crippen molar-refractivity contribution >= 4 is 35.3 Å². The summed E-state index contributed by atoms with van der Waals surface area (Å²) in [6, 6.07) is 16.0. The first kappa shape index (κ1) is 17.2. The number of amides is 1. The second kappa shape index (κ2) is 7.51. The van der Waals surface area contributed by atoms with E-state index in [4.69, 9.17) is 23.2 Å². The molecule has 1 aromatic heterocycles. The zero-order chi connectivity index (χ0) is 17.8. The van der Waals surface area contributed by atoms with Crippen LogP contribution >= 0.6 is 23.2 Å². The molecule has 25 heavy (non-hydrogen) atoms. The Balaban J connectivity index is 1.80. The predicted octanol–water partition coefficient (Wildman–Crippen LogP) is 4.25. The maximum Gasteiger partial charge on any atom is 0.271 e. The van der Waals surface area contributed by atoms with Crippen LogP contribution in [0.5, 0.6) is 0 Å². The van der Waals surface area contributed by atoms with E-state index in [1.165, 1.54) is 6.21 Å². The molecule has 0 radical (unpaired) electrons. The SMILES string of the molecule is Cc1nn(-c2cccc(Cl)c2)c(Cl)c1/C=N/NC(=O)c1ccccc1. The highest BCUT2D eigenvalue weighted by molar-refractivity contribution is 6.32. The van der Waals surface area contributed by atoms with Gasteiger partial charge in [-0.2, -0.15) is 10.2 Å². The first-order valence-corrected chi connectivity index (χ1v) is 8.21. The van der Waals surface area contributed by atoms with E-state index >= 15 is 0 Å². The van der Waals surface area contributed by atoms with Crippen LogP contribution in [0.4, 0.5) is 0 Å². The van der Waals surface area contributed by atoms with Crippen LogP contribution in [0.2, 0.25) is 10.2 Å². The molecule has 0 unspecified atom stereocenters. The summed E-state index contributed by atoms with van der Waals surface area (Å²) in [5, 5.41) is 9.35. The Bertz CT molecular complexity index is 936. The van der Waals surface area contributed by atoms with Gasteiger partial charge in [0, 0.05) is 10.6 Å². The number of hydrogen-bond acceptors (Lipinski definition) is 3. The molecule has 7 heteroatoms. The lowest BCUT2D eigenvalue weighted by Gasteiger charge is -2.03. The third kappa shape index (κ3) is 3.90. The summed E-state index contributed by atoms with van der Waals surface area (Å²) in [4.78, 5) is 12.0. The lowest BCUT2D eigenvalue weighted by atomic mass is 10.2. The van der Waals surface area contributed by atoms with Crippen molar-refractivity contribution in [1.82, 2.24) is 15.2 Å². The Labute approximate surface area is 154 Å². The van der Waals surface area contributed by atoms with Gasteiger partial charge < -0.3 is 0 Å². The molecule has 1 N–H and O–H groups in total. The molecule has 0 bridgehead atoms. The van der Waals surface area contributed by atoms with Crippen molar-refractivity contribution in [2.45, 2.75) is 6.92 Å². The number of aromatic nitrogens is 2. The number of hydrazone groups is 1. The highest BCUT2D eigenvalue weighted by Crippen LogP contribution is 2.23. The van der Waals surface area contributed by atoms with E-state index in [1.807, 2.05) is 25.1 Å².